The third-order valence-electron chi connectivity index (χ3n) is 4.30. The molecule has 0 spiro atoms. The lowest BCUT2D eigenvalue weighted by molar-refractivity contribution is 0.142. The number of hydrogen-bond acceptors (Lipinski definition) is 7. The van der Waals surface area contributed by atoms with Crippen molar-refractivity contribution in [3.8, 4) is 0 Å². The van der Waals surface area contributed by atoms with E-state index in [9.17, 15) is 25.6 Å². The quantitative estimate of drug-likeness (QED) is 0.455. The van der Waals surface area contributed by atoms with Gasteiger partial charge in [0.1, 0.15) is 0 Å². The fraction of sp³-hybridized carbons (Fsp3) is 0.600. The molecule has 154 valence electrons. The Balaban J connectivity index is 2.37. The zero-order valence-electron chi connectivity index (χ0n) is 15.3. The summed E-state index contributed by atoms with van der Waals surface area (Å²) in [4.78, 5) is 0.0282. The van der Waals surface area contributed by atoms with Crippen molar-refractivity contribution in [1.82, 2.24) is 4.31 Å². The van der Waals surface area contributed by atoms with Crippen LogP contribution >= 0.6 is 0 Å². The van der Waals surface area contributed by atoms with Gasteiger partial charge in [0.2, 0.25) is 10.0 Å². The van der Waals surface area contributed by atoms with E-state index in [4.69, 9.17) is 4.18 Å². The zero-order chi connectivity index (χ0) is 20.4. The predicted octanol–water partition coefficient (Wildman–Crippen LogP) is 0.825. The molecule has 3 atom stereocenters. The second-order valence-corrected chi connectivity index (χ2v) is 11.1. The summed E-state index contributed by atoms with van der Waals surface area (Å²) in [6, 6.07) is 4.72. The number of anilines is 1. The van der Waals surface area contributed by atoms with Crippen molar-refractivity contribution in [1.29, 1.82) is 0 Å². The Morgan fingerprint density at radius 3 is 2.11 bits per heavy atom. The Hall–Kier alpha value is -1.05. The Morgan fingerprint density at radius 2 is 1.63 bits per heavy atom. The minimum atomic E-state index is -3.75. The molecule has 1 aromatic carbocycles. The van der Waals surface area contributed by atoms with Crippen LogP contribution in [0.25, 0.3) is 0 Å². The van der Waals surface area contributed by atoms with Crippen molar-refractivity contribution >= 4 is 37.1 Å². The molecule has 0 amide bonds. The van der Waals surface area contributed by atoms with Crippen molar-refractivity contribution in [3.63, 3.8) is 0 Å². The molecule has 0 saturated heterocycles. The number of sulfonamides is 1. The van der Waals surface area contributed by atoms with Crippen LogP contribution in [0.4, 0.5) is 5.69 Å². The third-order valence-corrected chi connectivity index (χ3v) is 7.53. The van der Waals surface area contributed by atoms with E-state index in [1.54, 1.807) is 0 Å². The summed E-state index contributed by atoms with van der Waals surface area (Å²) in [5.41, 5.74) is 0.245. The Morgan fingerprint density at radius 1 is 1.07 bits per heavy atom. The molecular formula is C15H23N2O7S3-. The Bertz CT molecular complexity index is 882. The topological polar surface area (TPSA) is 124 Å². The summed E-state index contributed by atoms with van der Waals surface area (Å²) in [7, 11) is -4.59. The molecule has 27 heavy (non-hydrogen) atoms. The summed E-state index contributed by atoms with van der Waals surface area (Å²) in [6.45, 7) is 0. The monoisotopic (exact) mass is 439 g/mol. The Kier molecular flexibility index (Phi) is 7.03. The van der Waals surface area contributed by atoms with E-state index < -0.39 is 43.6 Å². The van der Waals surface area contributed by atoms with Crippen molar-refractivity contribution in [2.75, 3.05) is 24.7 Å². The smallest absolute Gasteiger partial charge is 0.264 e. The maximum atomic E-state index is 12.2. The van der Waals surface area contributed by atoms with Gasteiger partial charge >= 0.3 is 0 Å². The Labute approximate surface area is 162 Å². The fourth-order valence-corrected chi connectivity index (χ4v) is 5.38. The van der Waals surface area contributed by atoms with Crippen LogP contribution in [0.3, 0.4) is 0 Å². The van der Waals surface area contributed by atoms with Gasteiger partial charge in [-0.05, 0) is 37.1 Å². The number of hydrogen-bond donors (Lipinski definition) is 0. The maximum Gasteiger partial charge on any atom is 0.264 e. The molecule has 0 heterocycles. The highest BCUT2D eigenvalue weighted by atomic mass is 32.2. The van der Waals surface area contributed by atoms with E-state index in [-0.39, 0.29) is 10.6 Å². The first kappa shape index (κ1) is 22.2. The number of nitrogens with zero attached hydrogens (tertiary/aromatic N) is 2. The number of benzene rings is 1. The van der Waals surface area contributed by atoms with Gasteiger partial charge in [-0.3, -0.25) is 12.7 Å². The molecule has 0 aliphatic heterocycles. The number of rotatable bonds is 7. The molecule has 3 unspecified atom stereocenters. The molecule has 1 aliphatic rings. The highest BCUT2D eigenvalue weighted by Gasteiger charge is 2.34. The SMILES string of the molecule is CN(C)S(=O)(=O)c1ccc(N(C2CCCCC2OS(C)(=O)=O)S(=O)[O-])cc1. The van der Waals surface area contributed by atoms with Crippen LogP contribution in [0.15, 0.2) is 29.2 Å². The molecule has 0 aromatic heterocycles. The van der Waals surface area contributed by atoms with Gasteiger partial charge in [0.25, 0.3) is 10.1 Å². The summed E-state index contributed by atoms with van der Waals surface area (Å²) in [5.74, 6) is 0. The van der Waals surface area contributed by atoms with E-state index >= 15 is 0 Å². The van der Waals surface area contributed by atoms with E-state index in [2.05, 4.69) is 0 Å². The molecule has 1 saturated carbocycles. The van der Waals surface area contributed by atoms with Crippen LogP contribution in [0.2, 0.25) is 0 Å². The molecule has 0 N–H and O–H groups in total. The second-order valence-electron chi connectivity index (χ2n) is 6.51. The van der Waals surface area contributed by atoms with Crippen LogP contribution in [0, 0.1) is 0 Å². The molecule has 1 aliphatic carbocycles. The van der Waals surface area contributed by atoms with E-state index in [0.717, 1.165) is 27.7 Å². The molecule has 1 fully saturated rings. The highest BCUT2D eigenvalue weighted by molar-refractivity contribution is 7.89. The summed E-state index contributed by atoms with van der Waals surface area (Å²) < 4.78 is 78.4. The summed E-state index contributed by atoms with van der Waals surface area (Å²) in [6.07, 6.45) is 2.45. The van der Waals surface area contributed by atoms with E-state index in [1.165, 1.54) is 38.4 Å². The third kappa shape index (κ3) is 5.48. The summed E-state index contributed by atoms with van der Waals surface area (Å²) >= 11 is -2.69. The molecular weight excluding hydrogens is 416 g/mol. The molecule has 0 radical (unpaired) electrons. The van der Waals surface area contributed by atoms with Gasteiger partial charge in [0, 0.05) is 31.0 Å². The van der Waals surface area contributed by atoms with Crippen molar-refractivity contribution < 1.29 is 29.8 Å². The highest BCUT2D eigenvalue weighted by Crippen LogP contribution is 2.31. The lowest BCUT2D eigenvalue weighted by Crippen LogP contribution is -2.48. The standard InChI is InChI=1S/C15H24N2O7S3/c1-16(2)27(22,23)13-10-8-12(9-11-13)17(25(18)19)14-6-4-5-7-15(14)24-26(3,20)21/h8-11,14-15H,4-7H2,1-3H3,(H,18,19)/p-1. The summed E-state index contributed by atoms with van der Waals surface area (Å²) in [5, 5.41) is 0. The minimum Gasteiger partial charge on any atom is -0.755 e. The van der Waals surface area contributed by atoms with E-state index in [1.807, 2.05) is 0 Å². The molecule has 12 heteroatoms. The van der Waals surface area contributed by atoms with Crippen molar-refractivity contribution in [3.05, 3.63) is 24.3 Å². The fourth-order valence-electron chi connectivity index (χ4n) is 3.05. The van der Waals surface area contributed by atoms with Gasteiger partial charge in [-0.25, -0.2) is 12.7 Å². The lowest BCUT2D eigenvalue weighted by atomic mass is 9.92. The van der Waals surface area contributed by atoms with Crippen LogP contribution in [0.1, 0.15) is 25.7 Å². The molecule has 0 bridgehead atoms. The van der Waals surface area contributed by atoms with Gasteiger partial charge in [0.05, 0.1) is 23.3 Å². The average Bonchev–Trinajstić information content (AvgIpc) is 2.55. The average molecular weight is 440 g/mol. The van der Waals surface area contributed by atoms with Crippen LogP contribution in [-0.2, 0) is 35.6 Å². The van der Waals surface area contributed by atoms with E-state index in [0.29, 0.717) is 12.8 Å². The van der Waals surface area contributed by atoms with Gasteiger partial charge in [-0.2, -0.15) is 8.42 Å². The first-order chi connectivity index (χ1) is 12.4. The minimum absolute atomic E-state index is 0.0282. The maximum absolute atomic E-state index is 12.2. The normalized spacial score (nSPS) is 22.6. The molecule has 9 nitrogen and oxygen atoms in total. The molecule has 1 aromatic rings. The largest absolute Gasteiger partial charge is 0.755 e. The van der Waals surface area contributed by atoms with Crippen LogP contribution in [0.5, 0.6) is 0 Å². The van der Waals surface area contributed by atoms with Gasteiger partial charge in [-0.1, -0.05) is 12.8 Å². The van der Waals surface area contributed by atoms with Crippen LogP contribution in [-0.4, -0.2) is 62.4 Å². The van der Waals surface area contributed by atoms with Crippen molar-refractivity contribution in [2.45, 2.75) is 42.7 Å². The van der Waals surface area contributed by atoms with Gasteiger partial charge in [-0.15, -0.1) is 0 Å². The van der Waals surface area contributed by atoms with Gasteiger partial charge < -0.3 is 4.55 Å². The van der Waals surface area contributed by atoms with Crippen molar-refractivity contribution in [2.24, 2.45) is 0 Å². The van der Waals surface area contributed by atoms with Crippen LogP contribution < -0.4 is 4.31 Å². The zero-order valence-corrected chi connectivity index (χ0v) is 17.7. The first-order valence-electron chi connectivity index (χ1n) is 8.23. The molecule has 2 rings (SSSR count). The first-order valence-corrected chi connectivity index (χ1v) is 12.5. The lowest BCUT2D eigenvalue weighted by Gasteiger charge is -2.40. The van der Waals surface area contributed by atoms with Gasteiger partial charge in [0.15, 0.2) is 0 Å². The predicted molar refractivity (Wildman–Crippen MR) is 101 cm³/mol. The second kappa shape index (κ2) is 8.53.